The van der Waals surface area contributed by atoms with Gasteiger partial charge in [0, 0.05) is 19.1 Å². The summed E-state index contributed by atoms with van der Waals surface area (Å²) in [5.74, 6) is 0.166. The summed E-state index contributed by atoms with van der Waals surface area (Å²) in [6.07, 6.45) is 2.12. The van der Waals surface area contributed by atoms with E-state index in [4.69, 9.17) is 10.5 Å². The lowest BCUT2D eigenvalue weighted by atomic mass is 10.2. The van der Waals surface area contributed by atoms with Crippen LogP contribution in [0.2, 0.25) is 0 Å². The molecular weight excluding hydrogens is 398 g/mol. The van der Waals surface area contributed by atoms with Crippen molar-refractivity contribution in [2.24, 2.45) is 5.73 Å². The third-order valence-electron chi connectivity index (χ3n) is 4.73. The van der Waals surface area contributed by atoms with Crippen LogP contribution in [0.1, 0.15) is 16.8 Å². The number of benzene rings is 1. The summed E-state index contributed by atoms with van der Waals surface area (Å²) in [4.78, 5) is 13.5. The molecule has 0 spiro atoms. The number of aromatic nitrogens is 4. The number of fused-ring (bicyclic) bond motifs is 1. The Labute approximate surface area is 166 Å². The Morgan fingerprint density at radius 2 is 2.14 bits per heavy atom. The van der Waals surface area contributed by atoms with Gasteiger partial charge in [-0.15, -0.1) is 15.3 Å². The highest BCUT2D eigenvalue weighted by Gasteiger charge is 2.29. The summed E-state index contributed by atoms with van der Waals surface area (Å²) in [6.45, 7) is 1.10. The molecule has 152 valence electrons. The van der Waals surface area contributed by atoms with Crippen molar-refractivity contribution in [3.8, 4) is 5.75 Å². The molecule has 29 heavy (non-hydrogen) atoms. The highest BCUT2D eigenvalue weighted by Crippen LogP contribution is 2.24. The molecule has 0 aliphatic carbocycles. The molecule has 2 aromatic heterocycles. The minimum atomic E-state index is -3.84. The summed E-state index contributed by atoms with van der Waals surface area (Å²) in [7, 11) is -2.46. The zero-order valence-corrected chi connectivity index (χ0v) is 16.3. The molecule has 1 atom stereocenters. The largest absolute Gasteiger partial charge is 0.496 e. The topological polar surface area (TPSA) is 145 Å². The standard InChI is InChI=1S/C17H19N7O4S/c1-28-14-3-2-12(8-13(14)17(18)25)29(26,27)22-11-6-7-23(9-11)16-5-4-15-20-19-10-24(15)21-16/h2-5,8,10-11,22H,6-7,9H2,1H3,(H2,18,25)/t11-/m0/s1. The van der Waals surface area contributed by atoms with Gasteiger partial charge in [0.05, 0.1) is 17.6 Å². The number of nitrogens with one attached hydrogen (secondary N) is 1. The Balaban J connectivity index is 1.50. The third-order valence-corrected chi connectivity index (χ3v) is 6.25. The second-order valence-electron chi connectivity index (χ2n) is 6.60. The number of amides is 1. The van der Waals surface area contributed by atoms with Crippen molar-refractivity contribution >= 4 is 27.4 Å². The zero-order valence-electron chi connectivity index (χ0n) is 15.5. The van der Waals surface area contributed by atoms with E-state index >= 15 is 0 Å². The van der Waals surface area contributed by atoms with E-state index in [9.17, 15) is 13.2 Å². The van der Waals surface area contributed by atoms with E-state index in [1.165, 1.54) is 31.6 Å². The third kappa shape index (κ3) is 3.71. The molecule has 0 saturated carbocycles. The van der Waals surface area contributed by atoms with E-state index in [0.29, 0.717) is 31.0 Å². The highest BCUT2D eigenvalue weighted by molar-refractivity contribution is 7.89. The van der Waals surface area contributed by atoms with Crippen molar-refractivity contribution in [1.82, 2.24) is 24.5 Å². The van der Waals surface area contributed by atoms with E-state index in [2.05, 4.69) is 20.0 Å². The Bertz CT molecular complexity index is 1180. The number of nitrogens with zero attached hydrogens (tertiary/aromatic N) is 5. The summed E-state index contributed by atoms with van der Waals surface area (Å²) >= 11 is 0. The normalized spacial score (nSPS) is 17.0. The van der Waals surface area contributed by atoms with Crippen LogP contribution in [0, 0.1) is 0 Å². The molecule has 11 nitrogen and oxygen atoms in total. The number of anilines is 1. The van der Waals surface area contributed by atoms with Gasteiger partial charge >= 0.3 is 0 Å². The molecule has 1 aliphatic rings. The zero-order chi connectivity index (χ0) is 20.6. The van der Waals surface area contributed by atoms with Gasteiger partial charge in [0.2, 0.25) is 10.0 Å². The number of nitrogens with two attached hydrogens (primary N) is 1. The minimum Gasteiger partial charge on any atom is -0.496 e. The lowest BCUT2D eigenvalue weighted by molar-refractivity contribution is 0.0997. The van der Waals surface area contributed by atoms with Crippen molar-refractivity contribution in [2.75, 3.05) is 25.1 Å². The van der Waals surface area contributed by atoms with E-state index in [0.717, 1.165) is 0 Å². The molecule has 1 aliphatic heterocycles. The van der Waals surface area contributed by atoms with E-state index < -0.39 is 15.9 Å². The van der Waals surface area contributed by atoms with Crippen LogP contribution in [0.3, 0.4) is 0 Å². The Morgan fingerprint density at radius 1 is 1.31 bits per heavy atom. The molecule has 0 unspecified atom stereocenters. The van der Waals surface area contributed by atoms with Crippen LogP contribution in [0.25, 0.3) is 5.65 Å². The molecule has 0 bridgehead atoms. The number of carbonyl (C=O) groups is 1. The van der Waals surface area contributed by atoms with Crippen molar-refractivity contribution < 1.29 is 17.9 Å². The smallest absolute Gasteiger partial charge is 0.252 e. The Hall–Kier alpha value is -3.25. The number of hydrogen-bond donors (Lipinski definition) is 2. The number of methoxy groups -OCH3 is 1. The highest BCUT2D eigenvalue weighted by atomic mass is 32.2. The maximum Gasteiger partial charge on any atom is 0.252 e. The summed E-state index contributed by atoms with van der Waals surface area (Å²) in [6, 6.07) is 7.32. The Morgan fingerprint density at radius 3 is 2.90 bits per heavy atom. The molecule has 1 aromatic carbocycles. The first-order valence-electron chi connectivity index (χ1n) is 8.79. The van der Waals surface area contributed by atoms with Gasteiger partial charge in [-0.3, -0.25) is 4.79 Å². The van der Waals surface area contributed by atoms with Gasteiger partial charge in [-0.25, -0.2) is 13.1 Å². The molecule has 12 heteroatoms. The lowest BCUT2D eigenvalue weighted by Crippen LogP contribution is -2.37. The van der Waals surface area contributed by atoms with Gasteiger partial charge in [-0.05, 0) is 36.8 Å². The van der Waals surface area contributed by atoms with Crippen LogP contribution in [-0.4, -0.2) is 60.4 Å². The predicted octanol–water partition coefficient (Wildman–Crippen LogP) is -0.211. The van der Waals surface area contributed by atoms with E-state index in [-0.39, 0.29) is 22.3 Å². The quantitative estimate of drug-likeness (QED) is 0.560. The second-order valence-corrected chi connectivity index (χ2v) is 8.32. The van der Waals surface area contributed by atoms with Crippen LogP contribution in [0.5, 0.6) is 5.75 Å². The summed E-state index contributed by atoms with van der Waals surface area (Å²) in [5.41, 5.74) is 5.96. The fraction of sp³-hybridized carbons (Fsp3) is 0.294. The number of hydrogen-bond acceptors (Lipinski definition) is 8. The molecule has 0 radical (unpaired) electrons. The van der Waals surface area contributed by atoms with Crippen LogP contribution >= 0.6 is 0 Å². The Kier molecular flexibility index (Phi) is 4.80. The lowest BCUT2D eigenvalue weighted by Gasteiger charge is -2.18. The summed E-state index contributed by atoms with van der Waals surface area (Å²) in [5, 5.41) is 12.1. The molecule has 1 amide bonds. The van der Waals surface area contributed by atoms with E-state index in [1.54, 1.807) is 10.6 Å². The fourth-order valence-electron chi connectivity index (χ4n) is 3.29. The van der Waals surface area contributed by atoms with Gasteiger partial charge in [-0.1, -0.05) is 0 Å². The van der Waals surface area contributed by atoms with Crippen LogP contribution in [-0.2, 0) is 10.0 Å². The monoisotopic (exact) mass is 417 g/mol. The van der Waals surface area contributed by atoms with Crippen molar-refractivity contribution in [2.45, 2.75) is 17.4 Å². The first kappa shape index (κ1) is 19.1. The number of carbonyl (C=O) groups excluding carboxylic acids is 1. The maximum absolute atomic E-state index is 12.8. The van der Waals surface area contributed by atoms with Crippen molar-refractivity contribution in [1.29, 1.82) is 0 Å². The molecule has 4 rings (SSSR count). The molecular formula is C17H19N7O4S. The average molecular weight is 417 g/mol. The number of ether oxygens (including phenoxy) is 1. The fourth-order valence-corrected chi connectivity index (χ4v) is 4.57. The first-order valence-corrected chi connectivity index (χ1v) is 10.3. The number of rotatable bonds is 6. The first-order chi connectivity index (χ1) is 13.9. The number of sulfonamides is 1. The maximum atomic E-state index is 12.8. The molecule has 3 aromatic rings. The SMILES string of the molecule is COc1ccc(S(=O)(=O)N[C@H]2CCN(c3ccc4nncn4n3)C2)cc1C(N)=O. The predicted molar refractivity (Wildman–Crippen MR) is 103 cm³/mol. The van der Waals surface area contributed by atoms with Crippen LogP contribution in [0.15, 0.2) is 41.6 Å². The second kappa shape index (κ2) is 7.29. The molecule has 3 N–H and O–H groups in total. The van der Waals surface area contributed by atoms with Crippen molar-refractivity contribution in [3.63, 3.8) is 0 Å². The van der Waals surface area contributed by atoms with Crippen molar-refractivity contribution in [3.05, 3.63) is 42.2 Å². The van der Waals surface area contributed by atoms with Gasteiger partial charge in [0.1, 0.15) is 17.9 Å². The average Bonchev–Trinajstić information content (AvgIpc) is 3.35. The van der Waals surface area contributed by atoms with Gasteiger partial charge < -0.3 is 15.4 Å². The summed E-state index contributed by atoms with van der Waals surface area (Å²) < 4.78 is 34.9. The van der Waals surface area contributed by atoms with E-state index in [1.807, 2.05) is 11.0 Å². The number of primary amides is 1. The molecule has 1 fully saturated rings. The molecule has 3 heterocycles. The van der Waals surface area contributed by atoms with Crippen LogP contribution in [0.4, 0.5) is 5.82 Å². The van der Waals surface area contributed by atoms with Gasteiger partial charge in [0.25, 0.3) is 5.91 Å². The van der Waals surface area contributed by atoms with Gasteiger partial charge in [-0.2, -0.15) is 4.52 Å². The minimum absolute atomic E-state index is 0.00914. The molecule has 1 saturated heterocycles. The van der Waals surface area contributed by atoms with Gasteiger partial charge in [0.15, 0.2) is 5.65 Å². The van der Waals surface area contributed by atoms with Crippen LogP contribution < -0.4 is 20.1 Å².